The molecule has 3 rings (SSSR count). The highest BCUT2D eigenvalue weighted by Crippen LogP contribution is 2.36. The van der Waals surface area contributed by atoms with E-state index in [2.05, 4.69) is 9.97 Å². The van der Waals surface area contributed by atoms with Crippen LogP contribution in [0.3, 0.4) is 0 Å². The van der Waals surface area contributed by atoms with Crippen LogP contribution in [-0.2, 0) is 23.9 Å². The van der Waals surface area contributed by atoms with Gasteiger partial charge >= 0.3 is 13.2 Å². The number of hydrogen-bond donors (Lipinski definition) is 0. The summed E-state index contributed by atoms with van der Waals surface area (Å²) in [7, 11) is -4.37. The highest BCUT2D eigenvalue weighted by atomic mass is 32.2. The summed E-state index contributed by atoms with van der Waals surface area (Å²) in [5.41, 5.74) is -1.04. The maximum Gasteiger partial charge on any atom is 0.498 e. The molecule has 2 aliphatic heterocycles. The maximum absolute atomic E-state index is 13.0. The van der Waals surface area contributed by atoms with Gasteiger partial charge in [-0.05, 0) is 61.3 Å². The van der Waals surface area contributed by atoms with E-state index in [4.69, 9.17) is 14.0 Å². The van der Waals surface area contributed by atoms with Gasteiger partial charge in [0.05, 0.1) is 16.5 Å². The van der Waals surface area contributed by atoms with Crippen molar-refractivity contribution in [3.8, 4) is 0 Å². The average molecular weight is 453 g/mol. The number of amides is 1. The van der Waals surface area contributed by atoms with Crippen LogP contribution in [0.4, 0.5) is 4.79 Å². The van der Waals surface area contributed by atoms with E-state index in [9.17, 15) is 13.2 Å². The molecule has 0 N–H and O–H groups in total. The van der Waals surface area contributed by atoms with Crippen molar-refractivity contribution in [2.45, 2.75) is 88.5 Å². The van der Waals surface area contributed by atoms with Crippen molar-refractivity contribution in [1.82, 2.24) is 14.9 Å². The first-order valence-electron chi connectivity index (χ1n) is 10.5. The van der Waals surface area contributed by atoms with Crippen LogP contribution in [0.2, 0.25) is 0 Å². The van der Waals surface area contributed by atoms with E-state index in [0.29, 0.717) is 31.4 Å². The molecular weight excluding hydrogens is 421 g/mol. The summed E-state index contributed by atoms with van der Waals surface area (Å²) in [6.07, 6.45) is 3.08. The number of aromatic nitrogens is 2. The molecule has 0 aliphatic carbocycles. The Hall–Kier alpha value is -1.72. The van der Waals surface area contributed by atoms with Crippen molar-refractivity contribution in [2.75, 3.05) is 13.1 Å². The summed E-state index contributed by atoms with van der Waals surface area (Å²) >= 11 is 0. The molecule has 1 amide bonds. The first kappa shape index (κ1) is 23.9. The van der Waals surface area contributed by atoms with Crippen LogP contribution in [0.25, 0.3) is 0 Å². The summed E-state index contributed by atoms with van der Waals surface area (Å²) in [5, 5.41) is -0.864. The van der Waals surface area contributed by atoms with Crippen molar-refractivity contribution >= 4 is 28.5 Å². The normalized spacial score (nSPS) is 21.9. The number of sulfone groups is 1. The zero-order valence-electron chi connectivity index (χ0n) is 19.3. The van der Waals surface area contributed by atoms with Gasteiger partial charge in [-0.25, -0.2) is 23.2 Å². The van der Waals surface area contributed by atoms with Crippen LogP contribution in [0.1, 0.15) is 61.3 Å². The van der Waals surface area contributed by atoms with Gasteiger partial charge in [-0.3, -0.25) is 0 Å². The first-order chi connectivity index (χ1) is 14.1. The van der Waals surface area contributed by atoms with Gasteiger partial charge in [0.1, 0.15) is 5.60 Å². The predicted molar refractivity (Wildman–Crippen MR) is 116 cm³/mol. The van der Waals surface area contributed by atoms with Crippen LogP contribution >= 0.6 is 0 Å². The molecule has 172 valence electrons. The number of ether oxygens (including phenoxy) is 1. The number of nitrogens with zero attached hydrogens (tertiary/aromatic N) is 3. The van der Waals surface area contributed by atoms with Gasteiger partial charge < -0.3 is 18.9 Å². The van der Waals surface area contributed by atoms with Crippen molar-refractivity contribution in [3.05, 3.63) is 12.4 Å². The van der Waals surface area contributed by atoms with E-state index in [-0.39, 0.29) is 5.16 Å². The second kappa shape index (κ2) is 8.01. The summed E-state index contributed by atoms with van der Waals surface area (Å²) in [6, 6.07) is 0. The van der Waals surface area contributed by atoms with Crippen LogP contribution in [-0.4, -0.2) is 71.6 Å². The topological polar surface area (TPSA) is 108 Å². The van der Waals surface area contributed by atoms with Gasteiger partial charge in [-0.1, -0.05) is 0 Å². The zero-order valence-corrected chi connectivity index (χ0v) is 20.2. The molecule has 1 aromatic heterocycles. The van der Waals surface area contributed by atoms with Crippen LogP contribution in [0.5, 0.6) is 0 Å². The van der Waals surface area contributed by atoms with Crippen molar-refractivity contribution in [1.29, 1.82) is 0 Å². The third-order valence-electron chi connectivity index (χ3n) is 5.96. The molecule has 3 heterocycles. The molecule has 31 heavy (non-hydrogen) atoms. The van der Waals surface area contributed by atoms with Crippen molar-refractivity contribution in [2.24, 2.45) is 0 Å². The third kappa shape index (κ3) is 5.04. The summed E-state index contributed by atoms with van der Waals surface area (Å²) in [5.74, 6) is 0. The number of rotatable bonds is 3. The fraction of sp³-hybridized carbons (Fsp3) is 0.750. The molecule has 0 saturated carbocycles. The van der Waals surface area contributed by atoms with E-state index in [1.807, 2.05) is 27.7 Å². The molecule has 0 spiro atoms. The SMILES string of the molecule is CC(C)(C)OC(=O)N1CCC(S(=O)(=O)c2ncc(B3OC(C)(C)C(C)(C)O3)cn2)CC1. The van der Waals surface area contributed by atoms with Gasteiger partial charge in [0, 0.05) is 30.9 Å². The number of piperidine rings is 1. The fourth-order valence-corrected chi connectivity index (χ4v) is 4.93. The molecule has 0 unspecified atom stereocenters. The minimum Gasteiger partial charge on any atom is -0.444 e. The Labute approximate surface area is 184 Å². The average Bonchev–Trinajstić information content (AvgIpc) is 2.88. The Kier molecular flexibility index (Phi) is 6.18. The molecule has 0 aromatic carbocycles. The number of carbonyl (C=O) groups excluding carboxylic acids is 1. The minimum absolute atomic E-state index is 0.219. The lowest BCUT2D eigenvalue weighted by molar-refractivity contribution is 0.00578. The summed E-state index contributed by atoms with van der Waals surface area (Å²) < 4.78 is 43.3. The number of likely N-dealkylation sites (tertiary alicyclic amines) is 1. The van der Waals surface area contributed by atoms with Gasteiger partial charge in [0.2, 0.25) is 15.0 Å². The molecule has 0 atom stereocenters. The fourth-order valence-electron chi connectivity index (χ4n) is 3.40. The van der Waals surface area contributed by atoms with Gasteiger partial charge in [-0.15, -0.1) is 0 Å². The quantitative estimate of drug-likeness (QED) is 0.505. The molecule has 2 fully saturated rings. The van der Waals surface area contributed by atoms with E-state index < -0.39 is 45.1 Å². The smallest absolute Gasteiger partial charge is 0.444 e. The molecule has 11 heteroatoms. The Morgan fingerprint density at radius 2 is 1.58 bits per heavy atom. The van der Waals surface area contributed by atoms with Crippen LogP contribution in [0.15, 0.2) is 17.6 Å². The lowest BCUT2D eigenvalue weighted by Crippen LogP contribution is -2.45. The monoisotopic (exact) mass is 453 g/mol. The molecule has 2 aliphatic rings. The molecule has 0 radical (unpaired) electrons. The highest BCUT2D eigenvalue weighted by Gasteiger charge is 2.52. The molecule has 2 saturated heterocycles. The van der Waals surface area contributed by atoms with E-state index in [0.717, 1.165) is 0 Å². The minimum atomic E-state index is -3.71. The molecule has 9 nitrogen and oxygen atoms in total. The van der Waals surface area contributed by atoms with Crippen molar-refractivity contribution in [3.63, 3.8) is 0 Å². The van der Waals surface area contributed by atoms with E-state index >= 15 is 0 Å². The second-order valence-electron chi connectivity index (χ2n) is 10.1. The number of carbonyl (C=O) groups is 1. The Morgan fingerprint density at radius 3 is 2.03 bits per heavy atom. The van der Waals surface area contributed by atoms with Gasteiger partial charge in [-0.2, -0.15) is 0 Å². The zero-order chi connectivity index (χ0) is 23.2. The predicted octanol–water partition coefficient (Wildman–Crippen LogP) is 1.95. The van der Waals surface area contributed by atoms with Gasteiger partial charge in [0.15, 0.2) is 0 Å². The first-order valence-corrected chi connectivity index (χ1v) is 12.1. The molecule has 1 aromatic rings. The Bertz CT molecular complexity index is 903. The van der Waals surface area contributed by atoms with Gasteiger partial charge in [0.25, 0.3) is 0 Å². The Morgan fingerprint density at radius 1 is 1.10 bits per heavy atom. The highest BCUT2D eigenvalue weighted by molar-refractivity contribution is 7.91. The summed E-state index contributed by atoms with van der Waals surface area (Å²) in [4.78, 5) is 21.9. The van der Waals surface area contributed by atoms with E-state index in [1.165, 1.54) is 12.4 Å². The van der Waals surface area contributed by atoms with Crippen LogP contribution in [0, 0.1) is 0 Å². The lowest BCUT2D eigenvalue weighted by Gasteiger charge is -2.32. The maximum atomic E-state index is 13.0. The summed E-state index contributed by atoms with van der Waals surface area (Å²) in [6.45, 7) is 13.8. The molecular formula is C20H32BN3O6S. The standard InChI is InChI=1S/C20H32BN3O6S/c1-18(2,3)28-17(25)24-10-8-15(9-11-24)31(26,27)16-22-12-14(13-23-16)21-29-19(4,5)20(6,7)30-21/h12-13,15H,8-11H2,1-7H3. The molecule has 0 bridgehead atoms. The number of hydrogen-bond acceptors (Lipinski definition) is 8. The van der Waals surface area contributed by atoms with Crippen LogP contribution < -0.4 is 5.46 Å². The second-order valence-corrected chi connectivity index (χ2v) is 12.2. The van der Waals surface area contributed by atoms with E-state index in [1.54, 1.807) is 25.7 Å². The third-order valence-corrected chi connectivity index (χ3v) is 8.03. The van der Waals surface area contributed by atoms with Crippen molar-refractivity contribution < 1.29 is 27.3 Å². The lowest BCUT2D eigenvalue weighted by atomic mass is 9.81. The largest absolute Gasteiger partial charge is 0.498 e. The Balaban J connectivity index is 1.65.